The van der Waals surface area contributed by atoms with Crippen molar-refractivity contribution in [2.75, 3.05) is 30.9 Å². The predicted octanol–water partition coefficient (Wildman–Crippen LogP) is 3.02. The van der Waals surface area contributed by atoms with E-state index in [0.29, 0.717) is 11.2 Å². The standard InChI is InChI=1S/C28H30N6O4S/c1-28(18-35)9-4-10-34(17-28)26-6-3-5-23(33-26)24-8-7-19-14-30-21(12-25(19)32-24)15-31-27(36)20-11-22(16-29-13-20)39(2,37)38/h3,5-8,11-14,16,35H,4,9-10,15,17-18H2,1-2H3,(H,31,36). The summed E-state index contributed by atoms with van der Waals surface area (Å²) in [5.41, 5.74) is 2.80. The maximum atomic E-state index is 12.6. The first kappa shape index (κ1) is 26.6. The molecule has 1 saturated heterocycles. The number of rotatable bonds is 7. The van der Waals surface area contributed by atoms with Crippen LogP contribution < -0.4 is 10.2 Å². The van der Waals surface area contributed by atoms with Gasteiger partial charge in [-0.3, -0.25) is 14.8 Å². The molecule has 1 amide bonds. The number of pyridine rings is 4. The molecule has 4 aromatic rings. The van der Waals surface area contributed by atoms with Crippen molar-refractivity contribution in [2.24, 2.45) is 5.41 Å². The number of fused-ring (bicyclic) bond motifs is 1. The Morgan fingerprint density at radius 1 is 1.10 bits per heavy atom. The van der Waals surface area contributed by atoms with Crippen LogP contribution in [0.15, 0.2) is 66.0 Å². The Kier molecular flexibility index (Phi) is 7.28. The van der Waals surface area contributed by atoms with Crippen molar-refractivity contribution in [1.29, 1.82) is 0 Å². The molecule has 10 nitrogen and oxygen atoms in total. The smallest absolute Gasteiger partial charge is 0.253 e. The number of nitrogens with one attached hydrogen (secondary N) is 1. The van der Waals surface area contributed by atoms with Gasteiger partial charge in [-0.1, -0.05) is 13.0 Å². The van der Waals surface area contributed by atoms with Crippen LogP contribution in [0.5, 0.6) is 0 Å². The molecule has 11 heteroatoms. The molecule has 2 N–H and O–H groups in total. The average Bonchev–Trinajstić information content (AvgIpc) is 2.95. The quantitative estimate of drug-likeness (QED) is 0.358. The van der Waals surface area contributed by atoms with Gasteiger partial charge in [-0.25, -0.2) is 18.4 Å². The summed E-state index contributed by atoms with van der Waals surface area (Å²) in [5.74, 6) is 0.411. The minimum atomic E-state index is -3.47. The molecule has 5 heterocycles. The molecule has 1 unspecified atom stereocenters. The molecule has 0 spiro atoms. The van der Waals surface area contributed by atoms with Crippen molar-refractivity contribution in [3.8, 4) is 11.4 Å². The number of piperidine rings is 1. The van der Waals surface area contributed by atoms with Crippen molar-refractivity contribution in [1.82, 2.24) is 25.3 Å². The molecule has 1 atom stereocenters. The van der Waals surface area contributed by atoms with Crippen LogP contribution in [-0.4, -0.2) is 65.3 Å². The Morgan fingerprint density at radius 2 is 1.92 bits per heavy atom. The Bertz CT molecular complexity index is 1640. The molecule has 0 radical (unpaired) electrons. The van der Waals surface area contributed by atoms with Gasteiger partial charge in [0.1, 0.15) is 5.82 Å². The van der Waals surface area contributed by atoms with Crippen LogP contribution in [-0.2, 0) is 16.4 Å². The first-order chi connectivity index (χ1) is 18.6. The monoisotopic (exact) mass is 546 g/mol. The number of anilines is 1. The van der Waals surface area contributed by atoms with Crippen LogP contribution in [0.1, 0.15) is 35.8 Å². The van der Waals surface area contributed by atoms with E-state index in [2.05, 4.69) is 27.1 Å². The number of amides is 1. The number of hydrogen-bond donors (Lipinski definition) is 2. The fourth-order valence-electron chi connectivity index (χ4n) is 4.70. The third-order valence-corrected chi connectivity index (χ3v) is 8.03. The minimum Gasteiger partial charge on any atom is -0.396 e. The maximum Gasteiger partial charge on any atom is 0.253 e. The first-order valence-corrected chi connectivity index (χ1v) is 14.5. The van der Waals surface area contributed by atoms with Gasteiger partial charge in [-0.15, -0.1) is 0 Å². The van der Waals surface area contributed by atoms with E-state index >= 15 is 0 Å². The summed E-state index contributed by atoms with van der Waals surface area (Å²) in [6, 6.07) is 12.8. The second kappa shape index (κ2) is 10.7. The van der Waals surface area contributed by atoms with Crippen molar-refractivity contribution < 1.29 is 18.3 Å². The lowest BCUT2D eigenvalue weighted by Gasteiger charge is -2.40. The van der Waals surface area contributed by atoms with E-state index in [9.17, 15) is 18.3 Å². The zero-order valence-corrected chi connectivity index (χ0v) is 22.6. The Hall–Kier alpha value is -3.96. The van der Waals surface area contributed by atoms with Crippen LogP contribution in [0.4, 0.5) is 5.82 Å². The Labute approximate surface area is 227 Å². The van der Waals surface area contributed by atoms with E-state index in [1.165, 1.54) is 18.5 Å². The third-order valence-electron chi connectivity index (χ3n) is 6.95. The summed E-state index contributed by atoms with van der Waals surface area (Å²) in [6.45, 7) is 4.03. The van der Waals surface area contributed by atoms with Gasteiger partial charge in [0.05, 0.1) is 46.2 Å². The highest BCUT2D eigenvalue weighted by molar-refractivity contribution is 7.90. The van der Waals surface area contributed by atoms with Gasteiger partial charge in [-0.05, 0) is 49.2 Å². The largest absolute Gasteiger partial charge is 0.396 e. The van der Waals surface area contributed by atoms with E-state index in [0.717, 1.165) is 54.8 Å². The number of aromatic nitrogens is 4. The molecule has 0 bridgehead atoms. The summed E-state index contributed by atoms with van der Waals surface area (Å²) in [6.07, 6.45) is 7.30. The highest BCUT2D eigenvalue weighted by Crippen LogP contribution is 2.32. The maximum absolute atomic E-state index is 12.6. The SMILES string of the molecule is CC1(CO)CCCN(c2cccc(-c3ccc4cnc(CNC(=O)c5cncc(S(C)(=O)=O)c5)cc4n3)n2)C1. The topological polar surface area (TPSA) is 138 Å². The van der Waals surface area contributed by atoms with Gasteiger partial charge >= 0.3 is 0 Å². The van der Waals surface area contributed by atoms with Crippen LogP contribution in [0.25, 0.3) is 22.3 Å². The highest BCUT2D eigenvalue weighted by atomic mass is 32.2. The number of carbonyl (C=O) groups excluding carboxylic acids is 1. The summed E-state index contributed by atoms with van der Waals surface area (Å²) in [7, 11) is -3.47. The molecule has 1 aliphatic rings. The molecule has 0 aromatic carbocycles. The predicted molar refractivity (Wildman–Crippen MR) is 148 cm³/mol. The van der Waals surface area contributed by atoms with Crippen molar-refractivity contribution >= 4 is 32.5 Å². The summed E-state index contributed by atoms with van der Waals surface area (Å²) in [4.78, 5) is 32.8. The molecular formula is C28H30N6O4S. The number of nitrogens with zero attached hydrogens (tertiary/aromatic N) is 5. The van der Waals surface area contributed by atoms with Gasteiger partial charge in [0, 0.05) is 48.7 Å². The minimum absolute atomic E-state index is 0.0175. The fraction of sp³-hybridized carbons (Fsp3) is 0.321. The molecule has 5 rings (SSSR count). The molecule has 39 heavy (non-hydrogen) atoms. The van der Waals surface area contributed by atoms with E-state index in [1.807, 2.05) is 36.4 Å². The normalized spacial score (nSPS) is 17.8. The van der Waals surface area contributed by atoms with Gasteiger partial charge < -0.3 is 15.3 Å². The van der Waals surface area contributed by atoms with Crippen LogP contribution in [0, 0.1) is 5.41 Å². The molecule has 0 saturated carbocycles. The van der Waals surface area contributed by atoms with E-state index < -0.39 is 15.7 Å². The van der Waals surface area contributed by atoms with Crippen LogP contribution in [0.2, 0.25) is 0 Å². The molecular weight excluding hydrogens is 516 g/mol. The van der Waals surface area contributed by atoms with Crippen LogP contribution in [0.3, 0.4) is 0 Å². The number of aliphatic hydroxyl groups excluding tert-OH is 1. The number of carbonyl (C=O) groups is 1. The van der Waals surface area contributed by atoms with E-state index in [4.69, 9.17) is 9.97 Å². The summed E-state index contributed by atoms with van der Waals surface area (Å²) >= 11 is 0. The van der Waals surface area contributed by atoms with Gasteiger partial charge in [0.25, 0.3) is 5.91 Å². The molecule has 1 fully saturated rings. The van der Waals surface area contributed by atoms with Crippen molar-refractivity contribution in [3.63, 3.8) is 0 Å². The molecule has 4 aromatic heterocycles. The van der Waals surface area contributed by atoms with Gasteiger partial charge in [0.2, 0.25) is 0 Å². The van der Waals surface area contributed by atoms with E-state index in [1.54, 1.807) is 6.20 Å². The number of sulfone groups is 1. The van der Waals surface area contributed by atoms with E-state index in [-0.39, 0.29) is 29.0 Å². The summed E-state index contributed by atoms with van der Waals surface area (Å²) < 4.78 is 23.5. The third kappa shape index (κ3) is 6.04. The fourth-order valence-corrected chi connectivity index (χ4v) is 5.29. The number of hydrogen-bond acceptors (Lipinski definition) is 9. The van der Waals surface area contributed by atoms with Crippen molar-refractivity contribution in [3.05, 3.63) is 72.3 Å². The van der Waals surface area contributed by atoms with Gasteiger partial charge in [0.15, 0.2) is 9.84 Å². The first-order valence-electron chi connectivity index (χ1n) is 12.7. The highest BCUT2D eigenvalue weighted by Gasteiger charge is 2.31. The van der Waals surface area contributed by atoms with Crippen LogP contribution >= 0.6 is 0 Å². The summed E-state index contributed by atoms with van der Waals surface area (Å²) in [5, 5.41) is 13.4. The Morgan fingerprint density at radius 3 is 2.72 bits per heavy atom. The second-order valence-electron chi connectivity index (χ2n) is 10.3. The molecule has 1 aliphatic heterocycles. The Balaban J connectivity index is 1.34. The molecule has 202 valence electrons. The van der Waals surface area contributed by atoms with Crippen molar-refractivity contribution in [2.45, 2.75) is 31.2 Å². The lowest BCUT2D eigenvalue weighted by molar-refractivity contribution is 0.0950. The van der Waals surface area contributed by atoms with Gasteiger partial charge in [-0.2, -0.15) is 0 Å². The second-order valence-corrected chi connectivity index (χ2v) is 12.3. The molecule has 0 aliphatic carbocycles. The lowest BCUT2D eigenvalue weighted by Crippen LogP contribution is -2.44. The zero-order valence-electron chi connectivity index (χ0n) is 21.8. The zero-order chi connectivity index (χ0) is 27.6. The lowest BCUT2D eigenvalue weighted by atomic mass is 9.83. The average molecular weight is 547 g/mol. The number of aliphatic hydroxyl groups is 1.